The highest BCUT2D eigenvalue weighted by Crippen LogP contribution is 2.25. The van der Waals surface area contributed by atoms with Gasteiger partial charge in [0, 0.05) is 4.88 Å². The van der Waals surface area contributed by atoms with Crippen LogP contribution in [0.25, 0.3) is 11.0 Å². The number of nitrogens with zero attached hydrogens (tertiary/aromatic N) is 2. The first-order chi connectivity index (χ1) is 9.19. The maximum atomic E-state index is 9.11. The van der Waals surface area contributed by atoms with Crippen LogP contribution in [-0.2, 0) is 6.54 Å². The van der Waals surface area contributed by atoms with Gasteiger partial charge in [0.1, 0.15) is 6.07 Å². The molecule has 0 saturated heterocycles. The SMILES string of the molecule is N#Cc1cccc2c1[nH]c(=S)n2Cc1ccc(Br)s1. The molecule has 19 heavy (non-hydrogen) atoms. The summed E-state index contributed by atoms with van der Waals surface area (Å²) < 4.78 is 3.76. The Bertz CT molecular complexity index is 851. The number of rotatable bonds is 2. The van der Waals surface area contributed by atoms with Gasteiger partial charge in [-0.2, -0.15) is 5.26 Å². The molecule has 0 fully saturated rings. The average Bonchev–Trinajstić information content (AvgIpc) is 2.94. The van der Waals surface area contributed by atoms with E-state index in [1.165, 1.54) is 4.88 Å². The van der Waals surface area contributed by atoms with Crippen LogP contribution in [0.3, 0.4) is 0 Å². The van der Waals surface area contributed by atoms with E-state index in [0.717, 1.165) is 14.8 Å². The van der Waals surface area contributed by atoms with Gasteiger partial charge in [0.05, 0.1) is 26.9 Å². The molecule has 2 aromatic heterocycles. The number of imidazole rings is 1. The fourth-order valence-electron chi connectivity index (χ4n) is 2.02. The second-order valence-electron chi connectivity index (χ2n) is 4.03. The molecule has 0 bridgehead atoms. The van der Waals surface area contributed by atoms with Crippen molar-refractivity contribution in [3.8, 4) is 6.07 Å². The summed E-state index contributed by atoms with van der Waals surface area (Å²) >= 11 is 10.5. The number of benzene rings is 1. The normalized spacial score (nSPS) is 10.7. The van der Waals surface area contributed by atoms with E-state index in [1.807, 2.05) is 22.8 Å². The highest BCUT2D eigenvalue weighted by atomic mass is 79.9. The molecular weight excluding hydrogens is 342 g/mol. The Morgan fingerprint density at radius 1 is 1.37 bits per heavy atom. The number of aromatic nitrogens is 2. The van der Waals surface area contributed by atoms with Crippen molar-refractivity contribution in [2.75, 3.05) is 0 Å². The molecule has 1 N–H and O–H groups in total. The van der Waals surface area contributed by atoms with Crippen LogP contribution >= 0.6 is 39.5 Å². The fraction of sp³-hybridized carbons (Fsp3) is 0.0769. The number of hydrogen-bond acceptors (Lipinski definition) is 3. The molecule has 0 amide bonds. The molecule has 3 rings (SSSR count). The third kappa shape index (κ3) is 2.25. The minimum absolute atomic E-state index is 0.620. The second kappa shape index (κ2) is 4.93. The summed E-state index contributed by atoms with van der Waals surface area (Å²) in [7, 11) is 0. The molecule has 2 heterocycles. The van der Waals surface area contributed by atoms with E-state index < -0.39 is 0 Å². The van der Waals surface area contributed by atoms with Crippen molar-refractivity contribution < 1.29 is 0 Å². The third-order valence-corrected chi connectivity index (χ3v) is 4.80. The van der Waals surface area contributed by atoms with Crippen molar-refractivity contribution in [3.63, 3.8) is 0 Å². The van der Waals surface area contributed by atoms with Gasteiger partial charge in [0.25, 0.3) is 0 Å². The summed E-state index contributed by atoms with van der Waals surface area (Å²) in [4.78, 5) is 4.34. The van der Waals surface area contributed by atoms with Gasteiger partial charge in [-0.05, 0) is 52.4 Å². The number of fused-ring (bicyclic) bond motifs is 1. The molecule has 0 saturated carbocycles. The molecule has 0 unspecified atom stereocenters. The van der Waals surface area contributed by atoms with Gasteiger partial charge in [-0.25, -0.2) is 0 Å². The number of aromatic amines is 1. The predicted octanol–water partition coefficient (Wildman–Crippen LogP) is 4.44. The monoisotopic (exact) mass is 349 g/mol. The Balaban J connectivity index is 2.17. The van der Waals surface area contributed by atoms with E-state index in [4.69, 9.17) is 17.5 Å². The van der Waals surface area contributed by atoms with E-state index in [0.29, 0.717) is 16.9 Å². The number of halogens is 1. The highest BCUT2D eigenvalue weighted by Gasteiger charge is 2.09. The van der Waals surface area contributed by atoms with E-state index >= 15 is 0 Å². The minimum Gasteiger partial charge on any atom is -0.329 e. The fourth-order valence-corrected chi connectivity index (χ4v) is 3.76. The topological polar surface area (TPSA) is 44.5 Å². The molecule has 0 radical (unpaired) electrons. The van der Waals surface area contributed by atoms with Gasteiger partial charge < -0.3 is 9.55 Å². The zero-order valence-electron chi connectivity index (χ0n) is 9.68. The first kappa shape index (κ1) is 12.6. The van der Waals surface area contributed by atoms with Crippen molar-refractivity contribution in [1.82, 2.24) is 9.55 Å². The van der Waals surface area contributed by atoms with Gasteiger partial charge in [-0.15, -0.1) is 11.3 Å². The van der Waals surface area contributed by atoms with Crippen molar-refractivity contribution in [1.29, 1.82) is 5.26 Å². The average molecular weight is 350 g/mol. The van der Waals surface area contributed by atoms with E-state index in [-0.39, 0.29) is 0 Å². The Labute approximate surface area is 127 Å². The number of thiophene rings is 1. The summed E-state index contributed by atoms with van der Waals surface area (Å²) in [5, 5.41) is 9.11. The summed E-state index contributed by atoms with van der Waals surface area (Å²) in [6.07, 6.45) is 0. The lowest BCUT2D eigenvalue weighted by Gasteiger charge is -2.02. The summed E-state index contributed by atoms with van der Waals surface area (Å²) in [5.74, 6) is 0. The summed E-state index contributed by atoms with van der Waals surface area (Å²) in [5.41, 5.74) is 2.40. The van der Waals surface area contributed by atoms with Gasteiger partial charge in [-0.3, -0.25) is 0 Å². The Morgan fingerprint density at radius 2 is 2.21 bits per heavy atom. The standard InChI is InChI=1S/C13H8BrN3S2/c14-11-5-4-9(19-11)7-17-10-3-1-2-8(6-15)12(10)16-13(17)18/h1-5H,7H2,(H,16,18). The van der Waals surface area contributed by atoms with Crippen LogP contribution in [0.15, 0.2) is 34.1 Å². The largest absolute Gasteiger partial charge is 0.329 e. The lowest BCUT2D eigenvalue weighted by Crippen LogP contribution is -1.97. The molecule has 0 atom stereocenters. The Hall–Kier alpha value is -1.42. The van der Waals surface area contributed by atoms with Crippen molar-refractivity contribution in [3.05, 3.63) is 49.3 Å². The van der Waals surface area contributed by atoms with Gasteiger partial charge in [0.2, 0.25) is 0 Å². The van der Waals surface area contributed by atoms with Crippen molar-refractivity contribution >= 4 is 50.5 Å². The number of H-pyrrole nitrogens is 1. The molecule has 0 aliphatic rings. The van der Waals surface area contributed by atoms with Gasteiger partial charge in [-0.1, -0.05) is 6.07 Å². The molecular formula is C13H8BrN3S2. The summed E-state index contributed by atoms with van der Waals surface area (Å²) in [6, 6.07) is 11.9. The first-order valence-electron chi connectivity index (χ1n) is 5.55. The van der Waals surface area contributed by atoms with Crippen LogP contribution < -0.4 is 0 Å². The molecule has 94 valence electrons. The molecule has 6 heteroatoms. The minimum atomic E-state index is 0.620. The highest BCUT2D eigenvalue weighted by molar-refractivity contribution is 9.11. The third-order valence-electron chi connectivity index (χ3n) is 2.87. The maximum Gasteiger partial charge on any atom is 0.178 e. The molecule has 3 nitrogen and oxygen atoms in total. The Kier molecular flexibility index (Phi) is 3.27. The maximum absolute atomic E-state index is 9.11. The van der Waals surface area contributed by atoms with Gasteiger partial charge >= 0.3 is 0 Å². The number of hydrogen-bond donors (Lipinski definition) is 1. The van der Waals surface area contributed by atoms with Crippen LogP contribution in [-0.4, -0.2) is 9.55 Å². The number of para-hydroxylation sites is 1. The molecule has 0 spiro atoms. The summed E-state index contributed by atoms with van der Waals surface area (Å²) in [6.45, 7) is 0.712. The smallest absolute Gasteiger partial charge is 0.178 e. The lowest BCUT2D eigenvalue weighted by molar-refractivity contribution is 0.823. The van der Waals surface area contributed by atoms with Crippen LogP contribution in [0.2, 0.25) is 0 Å². The predicted molar refractivity (Wildman–Crippen MR) is 83.0 cm³/mol. The lowest BCUT2D eigenvalue weighted by atomic mass is 10.2. The van der Waals surface area contributed by atoms with Crippen LogP contribution in [0.5, 0.6) is 0 Å². The van der Waals surface area contributed by atoms with Gasteiger partial charge in [0.15, 0.2) is 4.77 Å². The Morgan fingerprint density at radius 3 is 2.89 bits per heavy atom. The van der Waals surface area contributed by atoms with Crippen LogP contribution in [0.1, 0.15) is 10.4 Å². The second-order valence-corrected chi connectivity index (χ2v) is 6.97. The molecule has 0 aliphatic heterocycles. The van der Waals surface area contributed by atoms with Crippen LogP contribution in [0, 0.1) is 16.1 Å². The number of nitriles is 1. The van der Waals surface area contributed by atoms with Crippen molar-refractivity contribution in [2.24, 2.45) is 0 Å². The van der Waals surface area contributed by atoms with E-state index in [1.54, 1.807) is 17.4 Å². The number of nitrogens with one attached hydrogen (secondary N) is 1. The molecule has 3 aromatic rings. The zero-order chi connectivity index (χ0) is 13.4. The quantitative estimate of drug-likeness (QED) is 0.695. The van der Waals surface area contributed by atoms with E-state index in [9.17, 15) is 0 Å². The van der Waals surface area contributed by atoms with Crippen molar-refractivity contribution in [2.45, 2.75) is 6.54 Å². The molecule has 0 aliphatic carbocycles. The van der Waals surface area contributed by atoms with Crippen LogP contribution in [0.4, 0.5) is 0 Å². The molecule has 1 aromatic carbocycles. The zero-order valence-corrected chi connectivity index (χ0v) is 12.9. The van der Waals surface area contributed by atoms with E-state index in [2.05, 4.69) is 33.0 Å². The first-order valence-corrected chi connectivity index (χ1v) is 7.56.